The van der Waals surface area contributed by atoms with Gasteiger partial charge < -0.3 is 10.5 Å². The van der Waals surface area contributed by atoms with Gasteiger partial charge in [-0.05, 0) is 43.0 Å². The third-order valence-corrected chi connectivity index (χ3v) is 2.86. The average molecular weight is 245 g/mol. The minimum atomic E-state index is -4.11. The number of fused-ring (bicyclic) bond motifs is 1. The number of halogens is 3. The molecule has 0 radical (unpaired) electrons. The van der Waals surface area contributed by atoms with Crippen LogP contribution >= 0.6 is 0 Å². The molecule has 94 valence electrons. The minimum Gasteiger partial charge on any atom is -0.490 e. The average Bonchev–Trinajstić information content (AvgIpc) is 2.25. The van der Waals surface area contributed by atoms with Gasteiger partial charge in [0, 0.05) is 12.1 Å². The number of anilines is 1. The van der Waals surface area contributed by atoms with Gasteiger partial charge >= 0.3 is 6.18 Å². The first-order valence-electron chi connectivity index (χ1n) is 5.56. The van der Waals surface area contributed by atoms with Gasteiger partial charge in [0.1, 0.15) is 5.75 Å². The maximum atomic E-state index is 12.1. The summed E-state index contributed by atoms with van der Waals surface area (Å²) in [5.41, 5.74) is 7.26. The molecule has 5 heteroatoms. The molecule has 0 saturated heterocycles. The third kappa shape index (κ3) is 3.28. The molecule has 17 heavy (non-hydrogen) atoms. The monoisotopic (exact) mass is 245 g/mol. The number of ether oxygens (including phenoxy) is 1. The van der Waals surface area contributed by atoms with Crippen molar-refractivity contribution in [3.05, 3.63) is 23.8 Å². The molecule has 0 aromatic heterocycles. The molecule has 0 bridgehead atoms. The molecule has 0 amide bonds. The summed E-state index contributed by atoms with van der Waals surface area (Å²) in [6, 6.07) is 5.24. The Balaban J connectivity index is 1.97. The van der Waals surface area contributed by atoms with Crippen molar-refractivity contribution in [2.45, 2.75) is 38.0 Å². The number of nitrogen functional groups attached to an aromatic ring is 1. The van der Waals surface area contributed by atoms with E-state index >= 15 is 0 Å². The lowest BCUT2D eigenvalue weighted by Gasteiger charge is -2.26. The zero-order chi connectivity index (χ0) is 12.5. The molecule has 0 saturated carbocycles. The highest BCUT2D eigenvalue weighted by Crippen LogP contribution is 2.32. The summed E-state index contributed by atoms with van der Waals surface area (Å²) in [6.07, 6.45) is -3.87. The van der Waals surface area contributed by atoms with Crippen LogP contribution in [0.1, 0.15) is 24.8 Å². The second-order valence-corrected chi connectivity index (χ2v) is 4.30. The predicted octanol–water partition coefficient (Wildman–Crippen LogP) is 3.30. The Hall–Kier alpha value is -1.39. The lowest BCUT2D eigenvalue weighted by atomic mass is 9.99. The van der Waals surface area contributed by atoms with Gasteiger partial charge in [-0.2, -0.15) is 13.2 Å². The Morgan fingerprint density at radius 2 is 2.12 bits per heavy atom. The molecule has 0 unspecified atom stereocenters. The lowest BCUT2D eigenvalue weighted by Crippen LogP contribution is -2.24. The summed E-state index contributed by atoms with van der Waals surface area (Å²) in [6.45, 7) is 0. The summed E-state index contributed by atoms with van der Waals surface area (Å²) >= 11 is 0. The number of rotatable bonds is 2. The maximum absolute atomic E-state index is 12.1. The normalized spacial score (nSPS) is 19.6. The molecular weight excluding hydrogens is 231 g/mol. The van der Waals surface area contributed by atoms with Crippen molar-refractivity contribution in [2.75, 3.05) is 5.73 Å². The third-order valence-electron chi connectivity index (χ3n) is 2.86. The fourth-order valence-electron chi connectivity index (χ4n) is 1.99. The molecule has 2 nitrogen and oxygen atoms in total. The van der Waals surface area contributed by atoms with E-state index in [-0.39, 0.29) is 12.5 Å². The van der Waals surface area contributed by atoms with Crippen LogP contribution in [0.5, 0.6) is 5.75 Å². The van der Waals surface area contributed by atoms with Gasteiger partial charge in [-0.3, -0.25) is 0 Å². The number of hydrogen-bond acceptors (Lipinski definition) is 2. The summed E-state index contributed by atoms with van der Waals surface area (Å²) in [7, 11) is 0. The SMILES string of the molecule is Nc1ccc2c(c1)CC[C@@H](CCC(F)(F)F)O2. The Labute approximate surface area is 97.6 Å². The zero-order valence-corrected chi connectivity index (χ0v) is 9.26. The summed E-state index contributed by atoms with van der Waals surface area (Å²) in [5.74, 6) is 0.664. The van der Waals surface area contributed by atoms with Crippen molar-refractivity contribution >= 4 is 5.69 Å². The van der Waals surface area contributed by atoms with Gasteiger partial charge in [0.15, 0.2) is 0 Å². The maximum Gasteiger partial charge on any atom is 0.389 e. The molecule has 2 rings (SSSR count). The standard InChI is InChI=1S/C12H14F3NO/c13-12(14,15)6-5-10-3-1-8-7-9(16)2-4-11(8)17-10/h2,4,7,10H,1,3,5-6,16H2/t10-/m0/s1. The van der Waals surface area contributed by atoms with Crippen LogP contribution in [0.25, 0.3) is 0 Å². The smallest absolute Gasteiger partial charge is 0.389 e. The molecule has 2 N–H and O–H groups in total. The van der Waals surface area contributed by atoms with Crippen molar-refractivity contribution in [2.24, 2.45) is 0 Å². The Morgan fingerprint density at radius 1 is 1.35 bits per heavy atom. The molecule has 1 aromatic rings. The largest absolute Gasteiger partial charge is 0.490 e. The van der Waals surface area contributed by atoms with E-state index < -0.39 is 12.6 Å². The van der Waals surface area contributed by atoms with Crippen LogP contribution in [0.15, 0.2) is 18.2 Å². The second-order valence-electron chi connectivity index (χ2n) is 4.30. The Morgan fingerprint density at radius 3 is 2.82 bits per heavy atom. The Bertz CT molecular complexity index is 403. The van der Waals surface area contributed by atoms with Gasteiger partial charge in [0.05, 0.1) is 6.10 Å². The van der Waals surface area contributed by atoms with Crippen LogP contribution in [0, 0.1) is 0 Å². The van der Waals surface area contributed by atoms with Crippen LogP contribution in [-0.2, 0) is 6.42 Å². The molecule has 0 fully saturated rings. The molecule has 1 aromatic carbocycles. The van der Waals surface area contributed by atoms with Gasteiger partial charge in [-0.1, -0.05) is 0 Å². The number of alkyl halides is 3. The van der Waals surface area contributed by atoms with Crippen molar-refractivity contribution in [3.8, 4) is 5.75 Å². The lowest BCUT2D eigenvalue weighted by molar-refractivity contribution is -0.139. The summed E-state index contributed by atoms with van der Waals surface area (Å²) in [5, 5.41) is 0. The second kappa shape index (κ2) is 4.47. The first kappa shape index (κ1) is 12.1. The van der Waals surface area contributed by atoms with Crippen molar-refractivity contribution in [3.63, 3.8) is 0 Å². The van der Waals surface area contributed by atoms with Crippen molar-refractivity contribution in [1.82, 2.24) is 0 Å². The van der Waals surface area contributed by atoms with Gasteiger partial charge in [-0.15, -0.1) is 0 Å². The topological polar surface area (TPSA) is 35.2 Å². The fraction of sp³-hybridized carbons (Fsp3) is 0.500. The minimum absolute atomic E-state index is 0.0211. The first-order chi connectivity index (χ1) is 7.94. The van der Waals surface area contributed by atoms with Crippen LogP contribution in [0.4, 0.5) is 18.9 Å². The Kier molecular flexibility index (Phi) is 3.17. The van der Waals surface area contributed by atoms with E-state index in [1.807, 2.05) is 6.07 Å². The van der Waals surface area contributed by atoms with E-state index in [0.29, 0.717) is 17.9 Å². The molecule has 1 aliphatic rings. The molecule has 0 aliphatic carbocycles. The fourth-order valence-corrected chi connectivity index (χ4v) is 1.99. The highest BCUT2D eigenvalue weighted by atomic mass is 19.4. The van der Waals surface area contributed by atoms with E-state index in [2.05, 4.69) is 0 Å². The van der Waals surface area contributed by atoms with Crippen LogP contribution in [0.2, 0.25) is 0 Å². The van der Waals surface area contributed by atoms with Crippen LogP contribution in [0.3, 0.4) is 0 Å². The highest BCUT2D eigenvalue weighted by Gasteiger charge is 2.30. The summed E-state index contributed by atoms with van der Waals surface area (Å²) in [4.78, 5) is 0. The van der Waals surface area contributed by atoms with Crippen molar-refractivity contribution in [1.29, 1.82) is 0 Å². The zero-order valence-electron chi connectivity index (χ0n) is 9.26. The van der Waals surface area contributed by atoms with E-state index in [0.717, 1.165) is 12.0 Å². The molecule has 1 heterocycles. The highest BCUT2D eigenvalue weighted by molar-refractivity contribution is 5.48. The van der Waals surface area contributed by atoms with E-state index in [4.69, 9.17) is 10.5 Å². The van der Waals surface area contributed by atoms with Crippen molar-refractivity contribution < 1.29 is 17.9 Å². The van der Waals surface area contributed by atoms with E-state index in [1.165, 1.54) is 0 Å². The molecule has 1 aliphatic heterocycles. The first-order valence-corrected chi connectivity index (χ1v) is 5.56. The molecule has 0 spiro atoms. The predicted molar refractivity (Wildman–Crippen MR) is 58.9 cm³/mol. The number of hydrogen-bond donors (Lipinski definition) is 1. The van der Waals surface area contributed by atoms with E-state index in [9.17, 15) is 13.2 Å². The van der Waals surface area contributed by atoms with Gasteiger partial charge in [0.25, 0.3) is 0 Å². The molecular formula is C12H14F3NO. The molecule has 1 atom stereocenters. The van der Waals surface area contributed by atoms with Gasteiger partial charge in [-0.25, -0.2) is 0 Å². The van der Waals surface area contributed by atoms with Gasteiger partial charge in [0.2, 0.25) is 0 Å². The number of nitrogens with two attached hydrogens (primary N) is 1. The quantitative estimate of drug-likeness (QED) is 0.811. The number of benzene rings is 1. The number of aryl methyl sites for hydroxylation is 1. The van der Waals surface area contributed by atoms with Crippen LogP contribution in [-0.4, -0.2) is 12.3 Å². The summed E-state index contributed by atoms with van der Waals surface area (Å²) < 4.78 is 41.8. The van der Waals surface area contributed by atoms with E-state index in [1.54, 1.807) is 12.1 Å². The van der Waals surface area contributed by atoms with Crippen LogP contribution < -0.4 is 10.5 Å².